The Labute approximate surface area is 124 Å². The van der Waals surface area contributed by atoms with Crippen LogP contribution in [0.4, 0.5) is 5.69 Å². The van der Waals surface area contributed by atoms with Crippen LogP contribution in [0.5, 0.6) is 5.75 Å². The van der Waals surface area contributed by atoms with Crippen LogP contribution >= 0.6 is 11.6 Å². The second-order valence-corrected chi connectivity index (χ2v) is 4.81. The van der Waals surface area contributed by atoms with Gasteiger partial charge in [0.1, 0.15) is 5.75 Å². The number of rotatable bonds is 6. The average molecular weight is 292 g/mol. The fourth-order valence-electron chi connectivity index (χ4n) is 1.90. The fourth-order valence-corrected chi connectivity index (χ4v) is 2.01. The van der Waals surface area contributed by atoms with Crippen LogP contribution in [-0.2, 0) is 0 Å². The van der Waals surface area contributed by atoms with Crippen molar-refractivity contribution in [3.8, 4) is 16.9 Å². The minimum Gasteiger partial charge on any atom is -0.497 e. The summed E-state index contributed by atoms with van der Waals surface area (Å²) in [5.41, 5.74) is 3.13. The molecular weight excluding hydrogens is 274 g/mol. The third-order valence-electron chi connectivity index (χ3n) is 2.99. The number of aliphatic hydroxyl groups excluding tert-OH is 1. The Balaban J connectivity index is 2.16. The predicted molar refractivity (Wildman–Crippen MR) is 83.6 cm³/mol. The molecule has 0 fully saturated rings. The Kier molecular flexibility index (Phi) is 5.27. The van der Waals surface area contributed by atoms with E-state index in [1.807, 2.05) is 48.5 Å². The summed E-state index contributed by atoms with van der Waals surface area (Å²) in [7, 11) is 1.66. The van der Waals surface area contributed by atoms with Crippen molar-refractivity contribution >= 4 is 17.3 Å². The molecule has 0 spiro atoms. The second-order valence-electron chi connectivity index (χ2n) is 4.50. The highest BCUT2D eigenvalue weighted by Crippen LogP contribution is 2.25. The van der Waals surface area contributed by atoms with E-state index in [4.69, 9.17) is 16.3 Å². The van der Waals surface area contributed by atoms with Gasteiger partial charge in [0, 0.05) is 12.2 Å². The summed E-state index contributed by atoms with van der Waals surface area (Å²) >= 11 is 5.57. The zero-order chi connectivity index (χ0) is 14.4. The van der Waals surface area contributed by atoms with Gasteiger partial charge in [0.2, 0.25) is 0 Å². The lowest BCUT2D eigenvalue weighted by Crippen LogP contribution is -2.20. The first-order valence-electron chi connectivity index (χ1n) is 6.45. The number of anilines is 1. The van der Waals surface area contributed by atoms with E-state index >= 15 is 0 Å². The highest BCUT2D eigenvalue weighted by atomic mass is 35.5. The van der Waals surface area contributed by atoms with E-state index in [1.54, 1.807) is 7.11 Å². The van der Waals surface area contributed by atoms with Gasteiger partial charge in [-0.25, -0.2) is 0 Å². The number of aliphatic hydroxyl groups is 1. The van der Waals surface area contributed by atoms with Gasteiger partial charge in [-0.3, -0.25) is 0 Å². The highest BCUT2D eigenvalue weighted by Gasteiger charge is 2.03. The maximum Gasteiger partial charge on any atom is 0.119 e. The third kappa shape index (κ3) is 3.89. The van der Waals surface area contributed by atoms with Gasteiger partial charge in [-0.15, -0.1) is 11.6 Å². The monoisotopic (exact) mass is 291 g/mol. The van der Waals surface area contributed by atoms with E-state index in [-0.39, 0.29) is 5.88 Å². The lowest BCUT2D eigenvalue weighted by Gasteiger charge is -2.11. The Morgan fingerprint density at radius 2 is 1.85 bits per heavy atom. The molecule has 2 N–H and O–H groups in total. The van der Waals surface area contributed by atoms with E-state index in [9.17, 15) is 5.11 Å². The van der Waals surface area contributed by atoms with Crippen molar-refractivity contribution in [3.05, 3.63) is 48.5 Å². The Bertz CT molecular complexity index is 560. The summed E-state index contributed by atoms with van der Waals surface area (Å²) in [6.45, 7) is 0.436. The quantitative estimate of drug-likeness (QED) is 0.802. The van der Waals surface area contributed by atoms with Gasteiger partial charge < -0.3 is 15.2 Å². The molecular formula is C16H18ClNO2. The zero-order valence-electron chi connectivity index (χ0n) is 11.3. The Morgan fingerprint density at radius 1 is 1.15 bits per heavy atom. The van der Waals surface area contributed by atoms with Crippen molar-refractivity contribution in [2.75, 3.05) is 24.9 Å². The summed E-state index contributed by atoms with van der Waals surface area (Å²) in [6, 6.07) is 15.9. The summed E-state index contributed by atoms with van der Waals surface area (Å²) < 4.78 is 5.24. The first-order chi connectivity index (χ1) is 9.72. The van der Waals surface area contributed by atoms with Gasteiger partial charge in [-0.05, 0) is 35.4 Å². The largest absolute Gasteiger partial charge is 0.497 e. The van der Waals surface area contributed by atoms with Crippen molar-refractivity contribution in [3.63, 3.8) is 0 Å². The molecule has 0 aliphatic rings. The van der Waals surface area contributed by atoms with E-state index < -0.39 is 6.10 Å². The van der Waals surface area contributed by atoms with Crippen LogP contribution in [-0.4, -0.2) is 30.7 Å². The van der Waals surface area contributed by atoms with E-state index in [0.717, 1.165) is 22.6 Å². The fraction of sp³-hybridized carbons (Fsp3) is 0.250. The topological polar surface area (TPSA) is 41.5 Å². The molecule has 3 nitrogen and oxygen atoms in total. The SMILES string of the molecule is COc1cccc(-c2cccc(NCC(O)CCl)c2)c1. The number of methoxy groups -OCH3 is 1. The molecule has 0 aromatic heterocycles. The molecule has 0 aliphatic heterocycles. The molecule has 0 heterocycles. The van der Waals surface area contributed by atoms with Gasteiger partial charge in [0.05, 0.1) is 19.1 Å². The van der Waals surface area contributed by atoms with Crippen LogP contribution in [0.1, 0.15) is 0 Å². The molecule has 0 saturated heterocycles. The van der Waals surface area contributed by atoms with Crippen molar-refractivity contribution in [2.24, 2.45) is 0 Å². The third-order valence-corrected chi connectivity index (χ3v) is 3.34. The summed E-state index contributed by atoms with van der Waals surface area (Å²) in [5, 5.41) is 12.6. The highest BCUT2D eigenvalue weighted by molar-refractivity contribution is 6.18. The average Bonchev–Trinajstić information content (AvgIpc) is 2.53. The maximum absolute atomic E-state index is 9.46. The predicted octanol–water partition coefficient (Wildman–Crippen LogP) is 3.37. The van der Waals surface area contributed by atoms with Crippen LogP contribution in [0.15, 0.2) is 48.5 Å². The molecule has 0 amide bonds. The number of nitrogens with one attached hydrogen (secondary N) is 1. The molecule has 4 heteroatoms. The Hall–Kier alpha value is -1.71. The molecule has 2 aromatic carbocycles. The van der Waals surface area contributed by atoms with E-state index in [2.05, 4.69) is 5.32 Å². The van der Waals surface area contributed by atoms with Crippen molar-refractivity contribution in [2.45, 2.75) is 6.10 Å². The molecule has 2 rings (SSSR count). The first-order valence-corrected chi connectivity index (χ1v) is 6.99. The van der Waals surface area contributed by atoms with Crippen molar-refractivity contribution in [1.82, 2.24) is 0 Å². The minimum atomic E-state index is -0.544. The van der Waals surface area contributed by atoms with Crippen LogP contribution in [0.25, 0.3) is 11.1 Å². The number of hydrogen-bond donors (Lipinski definition) is 2. The number of alkyl halides is 1. The molecule has 1 unspecified atom stereocenters. The lowest BCUT2D eigenvalue weighted by molar-refractivity contribution is 0.211. The number of hydrogen-bond acceptors (Lipinski definition) is 3. The number of halogens is 1. The summed E-state index contributed by atoms with van der Waals surface area (Å²) in [6.07, 6.45) is -0.544. The number of benzene rings is 2. The minimum absolute atomic E-state index is 0.225. The molecule has 0 aliphatic carbocycles. The summed E-state index contributed by atoms with van der Waals surface area (Å²) in [5.74, 6) is 1.06. The Morgan fingerprint density at radius 3 is 2.55 bits per heavy atom. The molecule has 0 radical (unpaired) electrons. The van der Waals surface area contributed by atoms with Crippen LogP contribution < -0.4 is 10.1 Å². The van der Waals surface area contributed by atoms with Crippen LogP contribution in [0.3, 0.4) is 0 Å². The van der Waals surface area contributed by atoms with Crippen LogP contribution in [0, 0.1) is 0 Å². The molecule has 1 atom stereocenters. The van der Waals surface area contributed by atoms with Gasteiger partial charge >= 0.3 is 0 Å². The van der Waals surface area contributed by atoms with Gasteiger partial charge in [0.25, 0.3) is 0 Å². The van der Waals surface area contributed by atoms with Gasteiger partial charge in [-0.1, -0.05) is 24.3 Å². The first kappa shape index (κ1) is 14.7. The van der Waals surface area contributed by atoms with Gasteiger partial charge in [-0.2, -0.15) is 0 Å². The van der Waals surface area contributed by atoms with E-state index in [0.29, 0.717) is 6.54 Å². The molecule has 0 saturated carbocycles. The van der Waals surface area contributed by atoms with Gasteiger partial charge in [0.15, 0.2) is 0 Å². The zero-order valence-corrected chi connectivity index (χ0v) is 12.1. The normalized spacial score (nSPS) is 11.9. The lowest BCUT2D eigenvalue weighted by atomic mass is 10.0. The molecule has 106 valence electrons. The standard InChI is InChI=1S/C16H18ClNO2/c1-20-16-7-3-5-13(9-16)12-4-2-6-14(8-12)18-11-15(19)10-17/h2-9,15,18-19H,10-11H2,1H3. The van der Waals surface area contributed by atoms with E-state index in [1.165, 1.54) is 0 Å². The molecule has 20 heavy (non-hydrogen) atoms. The molecule has 2 aromatic rings. The number of ether oxygens (including phenoxy) is 1. The summed E-state index contributed by atoms with van der Waals surface area (Å²) in [4.78, 5) is 0. The maximum atomic E-state index is 9.46. The smallest absolute Gasteiger partial charge is 0.119 e. The molecule has 0 bridgehead atoms. The van der Waals surface area contributed by atoms with Crippen LogP contribution in [0.2, 0.25) is 0 Å². The second kappa shape index (κ2) is 7.17. The van der Waals surface area contributed by atoms with Crippen molar-refractivity contribution < 1.29 is 9.84 Å². The van der Waals surface area contributed by atoms with Crippen molar-refractivity contribution in [1.29, 1.82) is 0 Å².